The second kappa shape index (κ2) is 8.01. The summed E-state index contributed by atoms with van der Waals surface area (Å²) < 4.78 is 5.33. The highest BCUT2D eigenvalue weighted by atomic mass is 79.9. The Bertz CT molecular complexity index is 670. The number of hydrogen-bond acceptors (Lipinski definition) is 2. The third kappa shape index (κ3) is 4.84. The van der Waals surface area contributed by atoms with Gasteiger partial charge in [-0.25, -0.2) is 0 Å². The van der Waals surface area contributed by atoms with E-state index in [-0.39, 0.29) is 0 Å². The molecule has 0 atom stereocenters. The van der Waals surface area contributed by atoms with Crippen molar-refractivity contribution in [3.63, 3.8) is 0 Å². The fourth-order valence-electron chi connectivity index (χ4n) is 1.40. The fourth-order valence-corrected chi connectivity index (χ4v) is 6.26. The lowest BCUT2D eigenvalue weighted by Crippen LogP contribution is -1.90. The van der Waals surface area contributed by atoms with E-state index < -0.39 is 0 Å². The van der Waals surface area contributed by atoms with Crippen LogP contribution in [0, 0.1) is 0 Å². The van der Waals surface area contributed by atoms with E-state index in [1.54, 1.807) is 0 Å². The van der Waals surface area contributed by atoms with Gasteiger partial charge in [0.15, 0.2) is 0 Å². The first-order valence-corrected chi connectivity index (χ1v) is 10.1. The van der Waals surface area contributed by atoms with Crippen molar-refractivity contribution in [2.45, 2.75) is 0 Å². The monoisotopic (exact) mass is 665 g/mol. The zero-order valence-corrected chi connectivity index (χ0v) is 19.5. The van der Waals surface area contributed by atoms with Crippen LogP contribution in [0.15, 0.2) is 61.4 Å². The topological polar surface area (TPSA) is 36.8 Å². The van der Waals surface area contributed by atoms with E-state index in [0.717, 1.165) is 32.5 Å². The summed E-state index contributed by atoms with van der Waals surface area (Å²) in [7, 11) is 0. The van der Waals surface area contributed by atoms with Crippen LogP contribution in [0.2, 0.25) is 0 Å². The number of halogens is 6. The molecular formula is C12H5Br6N3. The fraction of sp³-hybridized carbons (Fsp3) is 0. The Balaban J connectivity index is 2.25. The van der Waals surface area contributed by atoms with Gasteiger partial charge in [0.05, 0.1) is 5.69 Å². The molecule has 9 heteroatoms. The van der Waals surface area contributed by atoms with E-state index in [4.69, 9.17) is 0 Å². The maximum Gasteiger partial charge on any atom is 0.116 e. The maximum atomic E-state index is 4.19. The van der Waals surface area contributed by atoms with Crippen molar-refractivity contribution in [3.05, 3.63) is 51.1 Å². The molecule has 110 valence electrons. The van der Waals surface area contributed by atoms with E-state index >= 15 is 0 Å². The Labute approximate surface area is 172 Å². The summed E-state index contributed by atoms with van der Waals surface area (Å²) in [5, 5.41) is 8.23. The minimum atomic E-state index is 0.704. The van der Waals surface area contributed by atoms with Gasteiger partial charge in [-0.15, -0.1) is 5.11 Å². The van der Waals surface area contributed by atoms with Gasteiger partial charge in [0, 0.05) is 26.8 Å². The third-order valence-corrected chi connectivity index (χ3v) is 5.68. The largest absolute Gasteiger partial charge is 0.258 e. The molecule has 0 saturated carbocycles. The highest BCUT2D eigenvalue weighted by molar-refractivity contribution is 9.12. The summed E-state index contributed by atoms with van der Waals surface area (Å²) in [6.07, 6.45) is 0. The smallest absolute Gasteiger partial charge is 0.116 e. The molecule has 0 heterocycles. The second-order valence-corrected chi connectivity index (χ2v) is 9.02. The van der Waals surface area contributed by atoms with E-state index in [9.17, 15) is 0 Å². The van der Waals surface area contributed by atoms with Crippen LogP contribution in [0.3, 0.4) is 0 Å². The van der Waals surface area contributed by atoms with Gasteiger partial charge in [-0.2, -0.15) is 0 Å². The molecule has 2 aromatic rings. The maximum absolute atomic E-state index is 4.19. The molecule has 0 aliphatic rings. The minimum Gasteiger partial charge on any atom is -0.258 e. The Kier molecular flexibility index (Phi) is 6.89. The quantitative estimate of drug-likeness (QED) is 0.259. The molecule has 0 fully saturated rings. The predicted molar refractivity (Wildman–Crippen MR) is 107 cm³/mol. The predicted octanol–water partition coefficient (Wildman–Crippen LogP) is 8.37. The molecule has 2 rings (SSSR count). The number of rotatable bonds is 3. The van der Waals surface area contributed by atoms with Gasteiger partial charge in [0.1, 0.15) is 5.69 Å². The zero-order chi connectivity index (χ0) is 15.6. The Hall–Kier alpha value is 0.720. The van der Waals surface area contributed by atoms with Gasteiger partial charge < -0.3 is 0 Å². The summed E-state index contributed by atoms with van der Waals surface area (Å²) in [4.78, 5) is 0. The summed E-state index contributed by atoms with van der Waals surface area (Å²) in [6, 6.07) is 7.66. The summed E-state index contributed by atoms with van der Waals surface area (Å²) in [6.45, 7) is 0. The van der Waals surface area contributed by atoms with Crippen LogP contribution >= 0.6 is 95.6 Å². The molecule has 0 bridgehead atoms. The van der Waals surface area contributed by atoms with Gasteiger partial charge in [-0.1, -0.05) is 37.1 Å². The lowest BCUT2D eigenvalue weighted by Gasteiger charge is -2.07. The van der Waals surface area contributed by atoms with Crippen molar-refractivity contribution < 1.29 is 0 Å². The molecule has 3 nitrogen and oxygen atoms in total. The van der Waals surface area contributed by atoms with E-state index in [2.05, 4.69) is 111 Å². The molecule has 0 amide bonds. The lowest BCUT2D eigenvalue weighted by molar-refractivity contribution is 1.11. The standard InChI is InChI=1S/C12H5Br6N3/c13-5-1-7(15)11(8(16)2-5)19-21-20-12-9(17)3-6(14)4-10(12)18/h1-4H,(H,19,20). The minimum absolute atomic E-state index is 0.704. The number of nitrogens with zero attached hydrogens (tertiary/aromatic N) is 2. The highest BCUT2D eigenvalue weighted by Gasteiger charge is 2.08. The van der Waals surface area contributed by atoms with Crippen molar-refractivity contribution in [1.82, 2.24) is 0 Å². The van der Waals surface area contributed by atoms with Crippen LogP contribution in [-0.4, -0.2) is 0 Å². The van der Waals surface area contributed by atoms with Crippen molar-refractivity contribution in [3.8, 4) is 0 Å². The summed E-state index contributed by atoms with van der Waals surface area (Å²) >= 11 is 20.7. The average molecular weight is 671 g/mol. The van der Waals surface area contributed by atoms with Crippen LogP contribution < -0.4 is 5.43 Å². The zero-order valence-electron chi connectivity index (χ0n) is 9.97. The van der Waals surface area contributed by atoms with Crippen molar-refractivity contribution in [1.29, 1.82) is 0 Å². The first-order valence-electron chi connectivity index (χ1n) is 5.34. The number of nitrogens with one attached hydrogen (secondary N) is 1. The Morgan fingerprint density at radius 3 is 1.57 bits per heavy atom. The molecule has 2 aromatic carbocycles. The molecule has 0 aliphatic carbocycles. The van der Waals surface area contributed by atoms with Gasteiger partial charge in [0.25, 0.3) is 0 Å². The molecule has 1 N–H and O–H groups in total. The van der Waals surface area contributed by atoms with Crippen LogP contribution in [-0.2, 0) is 0 Å². The van der Waals surface area contributed by atoms with Crippen LogP contribution in [0.1, 0.15) is 0 Å². The molecule has 0 spiro atoms. The molecule has 0 aliphatic heterocycles. The number of benzene rings is 2. The molecule has 0 aromatic heterocycles. The first kappa shape index (κ1) is 18.1. The van der Waals surface area contributed by atoms with Crippen LogP contribution in [0.5, 0.6) is 0 Å². The second-order valence-electron chi connectivity index (χ2n) is 3.77. The van der Waals surface area contributed by atoms with E-state index in [0.29, 0.717) is 5.69 Å². The number of hydrogen-bond donors (Lipinski definition) is 1. The lowest BCUT2D eigenvalue weighted by atomic mass is 10.3. The van der Waals surface area contributed by atoms with Crippen LogP contribution in [0.4, 0.5) is 11.4 Å². The van der Waals surface area contributed by atoms with Crippen LogP contribution in [0.25, 0.3) is 0 Å². The molecule has 0 saturated heterocycles. The Morgan fingerprint density at radius 1 is 0.667 bits per heavy atom. The Morgan fingerprint density at radius 2 is 1.10 bits per heavy atom. The molecule has 0 unspecified atom stereocenters. The van der Waals surface area contributed by atoms with Gasteiger partial charge >= 0.3 is 0 Å². The molecule has 21 heavy (non-hydrogen) atoms. The van der Waals surface area contributed by atoms with Crippen molar-refractivity contribution in [2.75, 3.05) is 5.43 Å². The van der Waals surface area contributed by atoms with E-state index in [1.165, 1.54) is 0 Å². The average Bonchev–Trinajstić information content (AvgIpc) is 2.34. The normalized spacial score (nSPS) is 11.1. The molecular weight excluding hydrogens is 666 g/mol. The summed E-state index contributed by atoms with van der Waals surface area (Å²) in [5.41, 5.74) is 4.42. The number of anilines is 1. The SMILES string of the molecule is Brc1cc(Br)c(N=NNc2c(Br)cc(Br)cc2Br)c(Br)c1. The van der Waals surface area contributed by atoms with Crippen molar-refractivity contribution in [2.24, 2.45) is 10.3 Å². The third-order valence-electron chi connectivity index (χ3n) is 2.30. The summed E-state index contributed by atoms with van der Waals surface area (Å²) in [5.74, 6) is 0. The van der Waals surface area contributed by atoms with Gasteiger partial charge in [-0.3, -0.25) is 5.43 Å². The highest BCUT2D eigenvalue weighted by Crippen LogP contribution is 2.38. The van der Waals surface area contributed by atoms with E-state index in [1.807, 2.05) is 24.3 Å². The van der Waals surface area contributed by atoms with Crippen molar-refractivity contribution >= 4 is 107 Å². The van der Waals surface area contributed by atoms with Gasteiger partial charge in [0.2, 0.25) is 0 Å². The molecule has 0 radical (unpaired) electrons. The van der Waals surface area contributed by atoms with Gasteiger partial charge in [-0.05, 0) is 88.0 Å². The first-order chi connectivity index (χ1) is 9.88.